The van der Waals surface area contributed by atoms with E-state index in [2.05, 4.69) is 41.0 Å². The highest BCUT2D eigenvalue weighted by molar-refractivity contribution is 6.31. The van der Waals surface area contributed by atoms with Crippen molar-refractivity contribution in [3.63, 3.8) is 0 Å². The highest BCUT2D eigenvalue weighted by Crippen LogP contribution is 2.22. The van der Waals surface area contributed by atoms with Crippen LogP contribution in [0.5, 0.6) is 0 Å². The fourth-order valence-electron chi connectivity index (χ4n) is 0.801. The Kier molecular flexibility index (Phi) is 3.73. The Morgan fingerprint density at radius 2 is 1.53 bits per heavy atom. The van der Waals surface area contributed by atoms with E-state index in [0.29, 0.717) is 5.95 Å². The summed E-state index contributed by atoms with van der Waals surface area (Å²) in [4.78, 5) is 11.5. The molecule has 1 N–H and O–H groups in total. The van der Waals surface area contributed by atoms with Crippen molar-refractivity contribution in [3.05, 3.63) is 10.6 Å². The van der Waals surface area contributed by atoms with Crippen LogP contribution in [0.25, 0.3) is 0 Å². The van der Waals surface area contributed by atoms with E-state index in [4.69, 9.17) is 23.2 Å². The summed E-state index contributed by atoms with van der Waals surface area (Å²) in [6, 6.07) is 0.201. The average molecular weight is 249 g/mol. The van der Waals surface area contributed by atoms with Crippen molar-refractivity contribution in [2.24, 2.45) is 5.41 Å². The van der Waals surface area contributed by atoms with Crippen LogP contribution < -0.4 is 5.32 Å². The highest BCUT2D eigenvalue weighted by Gasteiger charge is 2.20. The third-order valence-corrected chi connectivity index (χ3v) is 2.56. The topological polar surface area (TPSA) is 50.7 Å². The van der Waals surface area contributed by atoms with Crippen molar-refractivity contribution in [2.45, 2.75) is 33.7 Å². The zero-order valence-corrected chi connectivity index (χ0v) is 10.7. The van der Waals surface area contributed by atoms with Crippen molar-refractivity contribution in [1.29, 1.82) is 0 Å². The van der Waals surface area contributed by atoms with Gasteiger partial charge in [0.25, 0.3) is 0 Å². The molecular weight excluding hydrogens is 235 g/mol. The molecule has 1 aromatic rings. The number of halogens is 2. The van der Waals surface area contributed by atoms with Crippen LogP contribution in [-0.4, -0.2) is 21.0 Å². The zero-order chi connectivity index (χ0) is 11.6. The first-order valence-electron chi connectivity index (χ1n) is 4.62. The third-order valence-electron chi connectivity index (χ3n) is 2.23. The first-order chi connectivity index (χ1) is 6.79. The van der Waals surface area contributed by atoms with E-state index in [1.165, 1.54) is 0 Å². The van der Waals surface area contributed by atoms with Crippen molar-refractivity contribution in [2.75, 3.05) is 5.32 Å². The van der Waals surface area contributed by atoms with Gasteiger partial charge in [0.1, 0.15) is 0 Å². The molecule has 15 heavy (non-hydrogen) atoms. The number of hydrogen-bond donors (Lipinski definition) is 1. The lowest BCUT2D eigenvalue weighted by atomic mass is 9.88. The molecule has 1 aromatic heterocycles. The minimum atomic E-state index is 0.0959. The predicted molar refractivity (Wildman–Crippen MR) is 62.4 cm³/mol. The van der Waals surface area contributed by atoms with Crippen LogP contribution in [0.15, 0.2) is 0 Å². The minimum absolute atomic E-state index is 0.0959. The molecular formula is C9H14Cl2N4. The van der Waals surface area contributed by atoms with Gasteiger partial charge < -0.3 is 5.32 Å². The number of nitrogens with one attached hydrogen (secondary N) is 1. The van der Waals surface area contributed by atoms with Gasteiger partial charge in [-0.3, -0.25) is 0 Å². The molecule has 1 rings (SSSR count). The molecule has 1 heterocycles. The molecule has 1 unspecified atom stereocenters. The van der Waals surface area contributed by atoms with Crippen molar-refractivity contribution < 1.29 is 0 Å². The minimum Gasteiger partial charge on any atom is -0.351 e. The molecule has 0 fully saturated rings. The smallest absolute Gasteiger partial charge is 0.228 e. The van der Waals surface area contributed by atoms with Gasteiger partial charge in [0.05, 0.1) is 0 Å². The van der Waals surface area contributed by atoms with Crippen molar-refractivity contribution in [3.8, 4) is 0 Å². The highest BCUT2D eigenvalue weighted by atomic mass is 35.5. The summed E-state index contributed by atoms with van der Waals surface area (Å²) in [5.41, 5.74) is 0.103. The Balaban J connectivity index is 2.81. The van der Waals surface area contributed by atoms with Gasteiger partial charge in [0.15, 0.2) is 0 Å². The van der Waals surface area contributed by atoms with E-state index in [1.807, 2.05) is 6.92 Å². The number of nitrogens with zero attached hydrogens (tertiary/aromatic N) is 3. The van der Waals surface area contributed by atoms with Gasteiger partial charge in [0, 0.05) is 6.04 Å². The lowest BCUT2D eigenvalue weighted by Crippen LogP contribution is -2.31. The summed E-state index contributed by atoms with van der Waals surface area (Å²) in [7, 11) is 0. The molecule has 0 aliphatic rings. The monoisotopic (exact) mass is 248 g/mol. The summed E-state index contributed by atoms with van der Waals surface area (Å²) in [5, 5.41) is 3.32. The second-order valence-electron chi connectivity index (χ2n) is 4.43. The van der Waals surface area contributed by atoms with E-state index in [9.17, 15) is 0 Å². The second-order valence-corrected chi connectivity index (χ2v) is 5.11. The summed E-state index contributed by atoms with van der Waals surface area (Å²) in [6.45, 7) is 8.41. The molecule has 0 aliphatic heterocycles. The lowest BCUT2D eigenvalue weighted by molar-refractivity contribution is 0.358. The van der Waals surface area contributed by atoms with Gasteiger partial charge >= 0.3 is 0 Å². The van der Waals surface area contributed by atoms with Gasteiger partial charge in [-0.1, -0.05) is 20.8 Å². The molecule has 6 heteroatoms. The number of hydrogen-bond acceptors (Lipinski definition) is 4. The van der Waals surface area contributed by atoms with Gasteiger partial charge in [-0.2, -0.15) is 15.0 Å². The van der Waals surface area contributed by atoms with Gasteiger partial charge in [-0.15, -0.1) is 0 Å². The Bertz CT molecular complexity index is 328. The van der Waals surface area contributed by atoms with Crippen LogP contribution in [-0.2, 0) is 0 Å². The van der Waals surface area contributed by atoms with Gasteiger partial charge in [-0.05, 0) is 35.5 Å². The first kappa shape index (κ1) is 12.5. The molecule has 0 aliphatic carbocycles. The Hall–Kier alpha value is -0.610. The maximum atomic E-state index is 5.66. The van der Waals surface area contributed by atoms with E-state index >= 15 is 0 Å². The number of rotatable bonds is 2. The molecule has 0 bridgehead atoms. The van der Waals surface area contributed by atoms with Crippen LogP contribution in [0.1, 0.15) is 27.7 Å². The predicted octanol–water partition coefficient (Wildman–Crippen LogP) is 3.02. The number of aromatic nitrogens is 3. The van der Waals surface area contributed by atoms with Crippen molar-refractivity contribution >= 4 is 29.2 Å². The summed E-state index contributed by atoms with van der Waals surface area (Å²) in [5.74, 6) is 0.405. The van der Waals surface area contributed by atoms with E-state index in [-0.39, 0.29) is 22.0 Å². The second kappa shape index (κ2) is 4.49. The Morgan fingerprint density at radius 1 is 1.07 bits per heavy atom. The lowest BCUT2D eigenvalue weighted by Gasteiger charge is -2.27. The largest absolute Gasteiger partial charge is 0.351 e. The quantitative estimate of drug-likeness (QED) is 0.875. The van der Waals surface area contributed by atoms with Crippen LogP contribution in [0, 0.1) is 5.41 Å². The molecule has 0 radical (unpaired) electrons. The van der Waals surface area contributed by atoms with Crippen LogP contribution >= 0.6 is 23.2 Å². The molecule has 1 atom stereocenters. The van der Waals surface area contributed by atoms with E-state index in [0.717, 1.165) is 0 Å². The molecule has 0 spiro atoms. The summed E-state index contributed by atoms with van der Waals surface area (Å²) in [6.07, 6.45) is 0. The summed E-state index contributed by atoms with van der Waals surface area (Å²) >= 11 is 11.3. The third kappa shape index (κ3) is 3.80. The average Bonchev–Trinajstić information content (AvgIpc) is 1.99. The molecule has 84 valence electrons. The zero-order valence-electron chi connectivity index (χ0n) is 9.17. The molecule has 0 saturated carbocycles. The fourth-order valence-corrected chi connectivity index (χ4v) is 1.16. The Morgan fingerprint density at radius 3 is 1.93 bits per heavy atom. The SMILES string of the molecule is CC(Nc1nc(Cl)nc(Cl)n1)C(C)(C)C. The van der Waals surface area contributed by atoms with Crippen LogP contribution in [0.4, 0.5) is 5.95 Å². The fraction of sp³-hybridized carbons (Fsp3) is 0.667. The maximum Gasteiger partial charge on any atom is 0.228 e. The van der Waals surface area contributed by atoms with E-state index < -0.39 is 0 Å². The molecule has 4 nitrogen and oxygen atoms in total. The van der Waals surface area contributed by atoms with Crippen LogP contribution in [0.3, 0.4) is 0 Å². The first-order valence-corrected chi connectivity index (χ1v) is 5.38. The summed E-state index contributed by atoms with van der Waals surface area (Å²) < 4.78 is 0. The molecule has 0 aromatic carbocycles. The standard InChI is InChI=1S/C9H14Cl2N4/c1-5(9(2,3)4)12-8-14-6(10)13-7(11)15-8/h5H,1-4H3,(H,12,13,14,15). The maximum absolute atomic E-state index is 5.66. The van der Waals surface area contributed by atoms with Gasteiger partial charge in [-0.25, -0.2) is 0 Å². The Labute approximate surface area is 99.4 Å². The van der Waals surface area contributed by atoms with Crippen LogP contribution in [0.2, 0.25) is 10.6 Å². The van der Waals surface area contributed by atoms with Crippen molar-refractivity contribution in [1.82, 2.24) is 15.0 Å². The number of anilines is 1. The molecule has 0 saturated heterocycles. The van der Waals surface area contributed by atoms with E-state index in [1.54, 1.807) is 0 Å². The van der Waals surface area contributed by atoms with Gasteiger partial charge in [0.2, 0.25) is 16.5 Å². The molecule has 0 amide bonds. The normalized spacial score (nSPS) is 13.7.